The Labute approximate surface area is 135 Å². The molecule has 0 radical (unpaired) electrons. The van der Waals surface area contributed by atoms with Crippen molar-refractivity contribution in [2.45, 2.75) is 83.6 Å². The lowest BCUT2D eigenvalue weighted by molar-refractivity contribution is -0.711. The maximum atomic E-state index is 11.4. The Hall–Kier alpha value is -1.38. The van der Waals surface area contributed by atoms with Crippen LogP contribution in [0, 0.1) is 0 Å². The van der Waals surface area contributed by atoms with Crippen molar-refractivity contribution >= 4 is 5.97 Å². The summed E-state index contributed by atoms with van der Waals surface area (Å²) in [5, 5.41) is 9.35. The van der Waals surface area contributed by atoms with E-state index in [4.69, 9.17) is 0 Å². The minimum Gasteiger partial charge on any atom is -0.476 e. The average Bonchev–Trinajstić information content (AvgIpc) is 2.53. The lowest BCUT2D eigenvalue weighted by Crippen LogP contribution is -2.43. The molecule has 0 saturated carbocycles. The number of pyridine rings is 1. The van der Waals surface area contributed by atoms with Gasteiger partial charge in [-0.05, 0) is 6.42 Å². The van der Waals surface area contributed by atoms with Crippen LogP contribution in [0.5, 0.6) is 0 Å². The molecule has 0 saturated heterocycles. The summed E-state index contributed by atoms with van der Waals surface area (Å²) in [5.74, 6) is -0.730. The highest BCUT2D eigenvalue weighted by Crippen LogP contribution is 2.14. The van der Waals surface area contributed by atoms with Crippen molar-refractivity contribution in [1.29, 1.82) is 0 Å². The first-order valence-electron chi connectivity index (χ1n) is 8.94. The molecule has 3 heteroatoms. The van der Waals surface area contributed by atoms with Crippen LogP contribution < -0.4 is 4.57 Å². The van der Waals surface area contributed by atoms with E-state index in [0.717, 1.165) is 19.3 Å². The molecule has 22 heavy (non-hydrogen) atoms. The fraction of sp³-hybridized carbons (Fsp3) is 0.684. The van der Waals surface area contributed by atoms with E-state index in [0.29, 0.717) is 0 Å². The maximum absolute atomic E-state index is 11.4. The molecule has 1 unspecified atom stereocenters. The number of rotatable bonds is 13. The van der Waals surface area contributed by atoms with Crippen molar-refractivity contribution < 1.29 is 14.5 Å². The zero-order chi connectivity index (χ0) is 16.0. The second kappa shape index (κ2) is 12.2. The SMILES string of the molecule is CCCCCCCCCCCCC(C(=O)O)[n+]1ccccc1. The van der Waals surface area contributed by atoms with E-state index < -0.39 is 12.0 Å². The third kappa shape index (κ3) is 8.16. The lowest BCUT2D eigenvalue weighted by atomic mass is 10.0. The van der Waals surface area contributed by atoms with Crippen molar-refractivity contribution in [2.24, 2.45) is 0 Å². The Balaban J connectivity index is 2.08. The molecule has 1 N–H and O–H groups in total. The van der Waals surface area contributed by atoms with Gasteiger partial charge < -0.3 is 5.11 Å². The van der Waals surface area contributed by atoms with Gasteiger partial charge in [0.1, 0.15) is 0 Å². The van der Waals surface area contributed by atoms with E-state index in [-0.39, 0.29) is 0 Å². The van der Waals surface area contributed by atoms with Crippen molar-refractivity contribution in [3.8, 4) is 0 Å². The Morgan fingerprint density at radius 3 is 1.86 bits per heavy atom. The molecule has 1 heterocycles. The van der Waals surface area contributed by atoms with Crippen molar-refractivity contribution in [2.75, 3.05) is 0 Å². The van der Waals surface area contributed by atoms with E-state index in [1.54, 1.807) is 4.57 Å². The predicted molar refractivity (Wildman–Crippen MR) is 89.8 cm³/mol. The standard InChI is InChI=1S/C19H31NO2/c1-2-3-4-5-6-7-8-9-10-12-15-18(19(21)22)20-16-13-11-14-17-20/h11,13-14,16-18H,2-10,12,15H2,1H3/p+1. The quantitative estimate of drug-likeness (QED) is 0.415. The summed E-state index contributed by atoms with van der Waals surface area (Å²) in [7, 11) is 0. The summed E-state index contributed by atoms with van der Waals surface area (Å²) < 4.78 is 1.80. The molecule has 0 bridgehead atoms. The van der Waals surface area contributed by atoms with E-state index >= 15 is 0 Å². The fourth-order valence-electron chi connectivity index (χ4n) is 2.84. The monoisotopic (exact) mass is 306 g/mol. The molecule has 1 atom stereocenters. The number of hydrogen-bond donors (Lipinski definition) is 1. The number of unbranched alkanes of at least 4 members (excludes halogenated alkanes) is 9. The number of carboxylic acids is 1. The van der Waals surface area contributed by atoms with Gasteiger partial charge in [0.05, 0.1) is 0 Å². The molecule has 1 aromatic rings. The number of aromatic nitrogens is 1. The Kier molecular flexibility index (Phi) is 10.3. The molecule has 1 rings (SSSR count). The van der Waals surface area contributed by atoms with Gasteiger partial charge in [-0.3, -0.25) is 0 Å². The van der Waals surface area contributed by atoms with Gasteiger partial charge in [0, 0.05) is 18.6 Å². The molecule has 0 spiro atoms. The highest BCUT2D eigenvalue weighted by molar-refractivity contribution is 5.69. The minimum absolute atomic E-state index is 0.421. The molecule has 0 aliphatic heterocycles. The van der Waals surface area contributed by atoms with Crippen LogP contribution in [-0.2, 0) is 4.79 Å². The number of aliphatic carboxylic acids is 1. The molecule has 3 nitrogen and oxygen atoms in total. The van der Waals surface area contributed by atoms with Crippen LogP contribution in [0.1, 0.15) is 83.6 Å². The first-order valence-corrected chi connectivity index (χ1v) is 8.94. The normalized spacial score (nSPS) is 12.2. The van der Waals surface area contributed by atoms with Crippen molar-refractivity contribution in [3.63, 3.8) is 0 Å². The minimum atomic E-state index is -0.730. The summed E-state index contributed by atoms with van der Waals surface area (Å²) in [6.45, 7) is 2.25. The second-order valence-electron chi connectivity index (χ2n) is 6.15. The number of carbonyl (C=O) groups is 1. The van der Waals surface area contributed by atoms with Gasteiger partial charge in [0.2, 0.25) is 0 Å². The van der Waals surface area contributed by atoms with Crippen LogP contribution in [0.25, 0.3) is 0 Å². The largest absolute Gasteiger partial charge is 0.476 e. The third-order valence-corrected chi connectivity index (χ3v) is 4.21. The lowest BCUT2D eigenvalue weighted by Gasteiger charge is -2.07. The average molecular weight is 306 g/mol. The highest BCUT2D eigenvalue weighted by atomic mass is 16.4. The fourth-order valence-corrected chi connectivity index (χ4v) is 2.84. The summed E-state index contributed by atoms with van der Waals surface area (Å²) in [5.41, 5.74) is 0. The zero-order valence-corrected chi connectivity index (χ0v) is 14.0. The number of hydrogen-bond acceptors (Lipinski definition) is 1. The van der Waals surface area contributed by atoms with E-state index in [1.165, 1.54) is 51.4 Å². The van der Waals surface area contributed by atoms with E-state index in [9.17, 15) is 9.90 Å². The molecular formula is C19H32NO2+. The molecule has 1 aromatic heterocycles. The highest BCUT2D eigenvalue weighted by Gasteiger charge is 2.25. The molecule has 124 valence electrons. The van der Waals surface area contributed by atoms with E-state index in [1.807, 2.05) is 30.6 Å². The van der Waals surface area contributed by atoms with Gasteiger partial charge in [-0.25, -0.2) is 4.79 Å². The third-order valence-electron chi connectivity index (χ3n) is 4.21. The first kappa shape index (κ1) is 18.7. The van der Waals surface area contributed by atoms with Gasteiger partial charge in [-0.1, -0.05) is 70.8 Å². The van der Waals surface area contributed by atoms with E-state index in [2.05, 4.69) is 6.92 Å². The van der Waals surface area contributed by atoms with Gasteiger partial charge >= 0.3 is 5.97 Å². The van der Waals surface area contributed by atoms with Crippen LogP contribution in [-0.4, -0.2) is 11.1 Å². The van der Waals surface area contributed by atoms with Crippen LogP contribution in [0.4, 0.5) is 0 Å². The van der Waals surface area contributed by atoms with Gasteiger partial charge in [0.25, 0.3) is 6.04 Å². The first-order chi connectivity index (χ1) is 10.8. The molecule has 0 aliphatic carbocycles. The smallest absolute Gasteiger partial charge is 0.373 e. The Morgan fingerprint density at radius 1 is 0.864 bits per heavy atom. The Bertz CT molecular complexity index is 392. The van der Waals surface area contributed by atoms with Crippen LogP contribution >= 0.6 is 0 Å². The molecule has 0 aliphatic rings. The number of nitrogens with zero attached hydrogens (tertiary/aromatic N) is 1. The summed E-state index contributed by atoms with van der Waals surface area (Å²) in [4.78, 5) is 11.4. The summed E-state index contributed by atoms with van der Waals surface area (Å²) in [6.07, 6.45) is 17.2. The van der Waals surface area contributed by atoms with Gasteiger partial charge in [0.15, 0.2) is 12.4 Å². The summed E-state index contributed by atoms with van der Waals surface area (Å²) in [6, 6.07) is 5.26. The number of carboxylic acid groups (broad SMARTS) is 1. The topological polar surface area (TPSA) is 41.2 Å². The maximum Gasteiger partial charge on any atom is 0.373 e. The van der Waals surface area contributed by atoms with Gasteiger partial charge in [-0.2, -0.15) is 4.57 Å². The van der Waals surface area contributed by atoms with Crippen LogP contribution in [0.15, 0.2) is 30.6 Å². The second-order valence-corrected chi connectivity index (χ2v) is 6.15. The summed E-state index contributed by atoms with van der Waals surface area (Å²) >= 11 is 0. The van der Waals surface area contributed by atoms with Gasteiger partial charge in [-0.15, -0.1) is 0 Å². The molecular weight excluding hydrogens is 274 g/mol. The van der Waals surface area contributed by atoms with Crippen LogP contribution in [0.3, 0.4) is 0 Å². The predicted octanol–water partition coefficient (Wildman–Crippen LogP) is 4.91. The Morgan fingerprint density at radius 2 is 1.36 bits per heavy atom. The molecule has 0 fully saturated rings. The molecule has 0 amide bonds. The zero-order valence-electron chi connectivity index (χ0n) is 14.0. The van der Waals surface area contributed by atoms with Crippen molar-refractivity contribution in [1.82, 2.24) is 0 Å². The van der Waals surface area contributed by atoms with Crippen molar-refractivity contribution in [3.05, 3.63) is 30.6 Å². The van der Waals surface area contributed by atoms with Crippen LogP contribution in [0.2, 0.25) is 0 Å². The molecule has 0 aromatic carbocycles.